The topological polar surface area (TPSA) is 60.7 Å². The fourth-order valence-corrected chi connectivity index (χ4v) is 2.73. The molecule has 0 radical (unpaired) electrons. The fraction of sp³-hybridized carbons (Fsp3) is 0.429. The molecule has 130 valence electrons. The Morgan fingerprint density at radius 2 is 1.00 bits per heavy atom. The molecule has 2 rings (SSSR count). The van der Waals surface area contributed by atoms with E-state index in [2.05, 4.69) is 30.3 Å². The van der Waals surface area contributed by atoms with Gasteiger partial charge in [-0.2, -0.15) is 0 Å². The van der Waals surface area contributed by atoms with Crippen molar-refractivity contribution in [1.82, 2.24) is 0 Å². The lowest BCUT2D eigenvalue weighted by Crippen LogP contribution is -2.04. The summed E-state index contributed by atoms with van der Waals surface area (Å²) in [5, 5.41) is 28.3. The Balaban J connectivity index is 2.44. The Kier molecular flexibility index (Phi) is 6.55. The Hall–Kier alpha value is -1.68. The van der Waals surface area contributed by atoms with Crippen molar-refractivity contribution in [2.75, 3.05) is 19.8 Å². The van der Waals surface area contributed by atoms with Crippen molar-refractivity contribution < 1.29 is 15.3 Å². The molecule has 0 aliphatic heterocycles. The minimum absolute atomic E-state index is 0.0586. The van der Waals surface area contributed by atoms with Gasteiger partial charge in [-0.05, 0) is 27.8 Å². The zero-order chi connectivity index (χ0) is 17.7. The lowest BCUT2D eigenvalue weighted by molar-refractivity contribution is 0.270. The van der Waals surface area contributed by atoms with Crippen LogP contribution < -0.4 is 0 Å². The number of aliphatic hydroxyl groups excluding tert-OH is 3. The highest BCUT2D eigenvalue weighted by Crippen LogP contribution is 2.30. The van der Waals surface area contributed by atoms with Crippen LogP contribution in [0.4, 0.5) is 0 Å². The third-order valence-corrected chi connectivity index (χ3v) is 4.75. The van der Waals surface area contributed by atoms with Crippen LogP contribution in [0, 0.1) is 0 Å². The zero-order valence-corrected chi connectivity index (χ0v) is 14.7. The largest absolute Gasteiger partial charge is 0.396 e. The molecular weight excluding hydrogens is 300 g/mol. The maximum atomic E-state index is 9.49. The highest BCUT2D eigenvalue weighted by atomic mass is 16.3. The molecule has 3 unspecified atom stereocenters. The second-order valence-corrected chi connectivity index (χ2v) is 6.76. The first kappa shape index (κ1) is 18.7. The molecule has 2 aromatic rings. The van der Waals surface area contributed by atoms with E-state index in [-0.39, 0.29) is 37.6 Å². The van der Waals surface area contributed by atoms with Gasteiger partial charge in [-0.25, -0.2) is 0 Å². The van der Waals surface area contributed by atoms with Gasteiger partial charge in [-0.15, -0.1) is 0 Å². The lowest BCUT2D eigenvalue weighted by atomic mass is 9.89. The van der Waals surface area contributed by atoms with E-state index in [1.165, 1.54) is 0 Å². The molecule has 3 heteroatoms. The van der Waals surface area contributed by atoms with Gasteiger partial charge in [0.25, 0.3) is 0 Å². The van der Waals surface area contributed by atoms with Crippen LogP contribution in [-0.2, 0) is 0 Å². The summed E-state index contributed by atoms with van der Waals surface area (Å²) >= 11 is 0. The normalized spacial score (nSPS) is 15.1. The number of benzene rings is 2. The molecule has 2 aromatic carbocycles. The average molecular weight is 328 g/mol. The predicted molar refractivity (Wildman–Crippen MR) is 98.4 cm³/mol. The summed E-state index contributed by atoms with van der Waals surface area (Å²) in [6.07, 6.45) is 0. The SMILES string of the molecule is CC(CO)c1ccc(-c2cc(C(C)CO)cc(C(C)CO)c2)cc1. The van der Waals surface area contributed by atoms with E-state index < -0.39 is 0 Å². The molecular formula is C21H28O3. The van der Waals surface area contributed by atoms with Crippen molar-refractivity contribution in [1.29, 1.82) is 0 Å². The Morgan fingerprint density at radius 1 is 0.583 bits per heavy atom. The maximum Gasteiger partial charge on any atom is 0.0497 e. The molecule has 0 saturated carbocycles. The summed E-state index contributed by atoms with van der Waals surface area (Å²) < 4.78 is 0. The molecule has 3 nitrogen and oxygen atoms in total. The zero-order valence-electron chi connectivity index (χ0n) is 14.7. The second-order valence-electron chi connectivity index (χ2n) is 6.76. The molecule has 0 amide bonds. The first-order valence-electron chi connectivity index (χ1n) is 8.57. The van der Waals surface area contributed by atoms with Gasteiger partial charge in [0.05, 0.1) is 0 Å². The average Bonchev–Trinajstić information content (AvgIpc) is 2.65. The van der Waals surface area contributed by atoms with Gasteiger partial charge >= 0.3 is 0 Å². The van der Waals surface area contributed by atoms with Gasteiger partial charge in [0, 0.05) is 37.6 Å². The van der Waals surface area contributed by atoms with E-state index in [4.69, 9.17) is 0 Å². The minimum Gasteiger partial charge on any atom is -0.396 e. The molecule has 0 heterocycles. The van der Waals surface area contributed by atoms with Gasteiger partial charge in [0.2, 0.25) is 0 Å². The van der Waals surface area contributed by atoms with Crippen LogP contribution in [0.3, 0.4) is 0 Å². The maximum absolute atomic E-state index is 9.49. The van der Waals surface area contributed by atoms with E-state index in [0.717, 1.165) is 27.8 Å². The van der Waals surface area contributed by atoms with Crippen LogP contribution >= 0.6 is 0 Å². The van der Waals surface area contributed by atoms with E-state index in [1.54, 1.807) is 0 Å². The van der Waals surface area contributed by atoms with Gasteiger partial charge in [0.1, 0.15) is 0 Å². The number of hydrogen-bond acceptors (Lipinski definition) is 3. The smallest absolute Gasteiger partial charge is 0.0497 e. The van der Waals surface area contributed by atoms with Crippen molar-refractivity contribution in [2.45, 2.75) is 38.5 Å². The summed E-state index contributed by atoms with van der Waals surface area (Å²) in [6, 6.07) is 14.5. The Bertz CT molecular complexity index is 620. The molecule has 3 atom stereocenters. The molecule has 0 fully saturated rings. The highest BCUT2D eigenvalue weighted by molar-refractivity contribution is 5.66. The Labute approximate surface area is 144 Å². The van der Waals surface area contributed by atoms with Crippen LogP contribution in [0.5, 0.6) is 0 Å². The van der Waals surface area contributed by atoms with Crippen molar-refractivity contribution in [3.63, 3.8) is 0 Å². The molecule has 0 aromatic heterocycles. The molecule has 0 bridgehead atoms. The van der Waals surface area contributed by atoms with Gasteiger partial charge in [-0.1, -0.05) is 63.2 Å². The van der Waals surface area contributed by atoms with Gasteiger partial charge in [0.15, 0.2) is 0 Å². The van der Waals surface area contributed by atoms with Gasteiger partial charge < -0.3 is 15.3 Å². The van der Waals surface area contributed by atoms with Crippen LogP contribution in [0.1, 0.15) is 55.2 Å². The molecule has 3 N–H and O–H groups in total. The van der Waals surface area contributed by atoms with Crippen LogP contribution in [0.2, 0.25) is 0 Å². The summed E-state index contributed by atoms with van der Waals surface area (Å²) in [5.41, 5.74) is 5.47. The second kappa shape index (κ2) is 8.43. The van der Waals surface area contributed by atoms with Gasteiger partial charge in [-0.3, -0.25) is 0 Å². The van der Waals surface area contributed by atoms with E-state index in [1.807, 2.05) is 32.9 Å². The molecule has 24 heavy (non-hydrogen) atoms. The van der Waals surface area contributed by atoms with E-state index >= 15 is 0 Å². The van der Waals surface area contributed by atoms with Crippen LogP contribution in [0.25, 0.3) is 11.1 Å². The summed E-state index contributed by atoms with van der Waals surface area (Å²) in [6.45, 7) is 6.34. The first-order chi connectivity index (χ1) is 11.5. The minimum atomic E-state index is 0.0586. The molecule has 0 saturated heterocycles. The van der Waals surface area contributed by atoms with Crippen molar-refractivity contribution in [3.05, 3.63) is 59.2 Å². The number of rotatable bonds is 7. The van der Waals surface area contributed by atoms with E-state index in [0.29, 0.717) is 0 Å². The van der Waals surface area contributed by atoms with Crippen molar-refractivity contribution in [3.8, 4) is 11.1 Å². The molecule has 0 aliphatic rings. The monoisotopic (exact) mass is 328 g/mol. The van der Waals surface area contributed by atoms with E-state index in [9.17, 15) is 15.3 Å². The quantitative estimate of drug-likeness (QED) is 0.727. The third kappa shape index (κ3) is 4.23. The Morgan fingerprint density at radius 3 is 1.42 bits per heavy atom. The predicted octanol–water partition coefficient (Wildman–Crippen LogP) is 3.64. The number of hydrogen-bond donors (Lipinski definition) is 3. The summed E-state index contributed by atoms with van der Waals surface area (Å²) in [4.78, 5) is 0. The number of aliphatic hydroxyl groups is 3. The first-order valence-corrected chi connectivity index (χ1v) is 8.57. The van der Waals surface area contributed by atoms with Crippen molar-refractivity contribution >= 4 is 0 Å². The van der Waals surface area contributed by atoms with Crippen molar-refractivity contribution in [2.24, 2.45) is 0 Å². The standard InChI is InChI=1S/C21H28O3/c1-14(11-22)17-4-6-18(7-5-17)21-9-19(15(2)12-23)8-20(10-21)16(3)13-24/h4-10,14-16,22-24H,11-13H2,1-3H3. The lowest BCUT2D eigenvalue weighted by Gasteiger charge is -2.17. The molecule has 0 spiro atoms. The third-order valence-electron chi connectivity index (χ3n) is 4.75. The van der Waals surface area contributed by atoms with Crippen LogP contribution in [0.15, 0.2) is 42.5 Å². The van der Waals surface area contributed by atoms with Crippen LogP contribution in [-0.4, -0.2) is 35.1 Å². The molecule has 0 aliphatic carbocycles. The highest BCUT2D eigenvalue weighted by Gasteiger charge is 2.13. The summed E-state index contributed by atoms with van der Waals surface area (Å²) in [7, 11) is 0. The fourth-order valence-electron chi connectivity index (χ4n) is 2.73. The summed E-state index contributed by atoms with van der Waals surface area (Å²) in [5.74, 6) is 0.247.